The van der Waals surface area contributed by atoms with E-state index in [1.165, 1.54) is 6.07 Å². The molecule has 0 amide bonds. The van der Waals surface area contributed by atoms with Crippen LogP contribution in [0.2, 0.25) is 0 Å². The highest BCUT2D eigenvalue weighted by Crippen LogP contribution is 2.33. The van der Waals surface area contributed by atoms with Crippen LogP contribution in [0.1, 0.15) is 39.0 Å². The molecular formula is C21H24FN5S. The molecule has 2 aromatic heterocycles. The van der Waals surface area contributed by atoms with Crippen LogP contribution in [0, 0.1) is 23.1 Å². The molecule has 0 aliphatic carbocycles. The Balaban J connectivity index is 2.22. The van der Waals surface area contributed by atoms with Gasteiger partial charge < -0.3 is 4.57 Å². The van der Waals surface area contributed by atoms with Crippen molar-refractivity contribution in [3.8, 4) is 17.3 Å². The van der Waals surface area contributed by atoms with Gasteiger partial charge in [0, 0.05) is 36.5 Å². The van der Waals surface area contributed by atoms with Gasteiger partial charge >= 0.3 is 0 Å². The number of fused-ring (bicyclic) bond motifs is 1. The van der Waals surface area contributed by atoms with E-state index < -0.39 is 11.2 Å². The molecule has 5 nitrogen and oxygen atoms in total. The number of halogens is 1. The predicted molar refractivity (Wildman–Crippen MR) is 109 cm³/mol. The summed E-state index contributed by atoms with van der Waals surface area (Å²) in [6, 6.07) is 3.62. The standard InChI is InChI=1S/C21H24FN5S/c1-12(2)21(4,5)18-16(22)7-14(9-25-18)17-15(8-23)19(24-6)27-10-13(3)11-28-20(27)26-17/h7,9,13H,1,10-11H2,2-6H3/t13-/m0/s1. The number of pyridine rings is 1. The Hall–Kier alpha value is -2.46. The summed E-state index contributed by atoms with van der Waals surface area (Å²) in [5.41, 5.74) is 2.38. The van der Waals surface area contributed by atoms with E-state index in [-0.39, 0.29) is 0 Å². The number of nitriles is 1. The second-order valence-corrected chi connectivity index (χ2v) is 8.75. The third-order valence-corrected chi connectivity index (χ3v) is 6.55. The van der Waals surface area contributed by atoms with Crippen molar-refractivity contribution in [1.29, 1.82) is 5.26 Å². The predicted octanol–water partition coefficient (Wildman–Crippen LogP) is 4.08. The minimum Gasteiger partial charge on any atom is -0.304 e. The van der Waals surface area contributed by atoms with Gasteiger partial charge in [-0.3, -0.25) is 9.98 Å². The quantitative estimate of drug-likeness (QED) is 0.578. The van der Waals surface area contributed by atoms with Crippen molar-refractivity contribution in [2.75, 3.05) is 12.8 Å². The van der Waals surface area contributed by atoms with Gasteiger partial charge in [-0.1, -0.05) is 44.7 Å². The highest BCUT2D eigenvalue weighted by molar-refractivity contribution is 7.99. The molecule has 2 aromatic rings. The van der Waals surface area contributed by atoms with E-state index in [1.54, 1.807) is 25.0 Å². The van der Waals surface area contributed by atoms with Crippen LogP contribution in [0.4, 0.5) is 4.39 Å². The topological polar surface area (TPSA) is 66.9 Å². The van der Waals surface area contributed by atoms with Crippen molar-refractivity contribution in [3.05, 3.63) is 47.0 Å². The first-order valence-corrected chi connectivity index (χ1v) is 10.1. The van der Waals surface area contributed by atoms with Crippen molar-refractivity contribution >= 4 is 11.8 Å². The zero-order chi connectivity index (χ0) is 20.6. The lowest BCUT2D eigenvalue weighted by Gasteiger charge is -2.26. The maximum atomic E-state index is 15.0. The van der Waals surface area contributed by atoms with Crippen LogP contribution in [-0.2, 0) is 12.0 Å². The number of rotatable bonds is 3. The molecule has 0 saturated carbocycles. The fraction of sp³-hybridized carbons (Fsp3) is 0.429. The van der Waals surface area contributed by atoms with Gasteiger partial charge in [0.15, 0.2) is 5.16 Å². The number of hydrogen-bond acceptors (Lipinski definition) is 5. The first-order chi connectivity index (χ1) is 13.2. The number of thioether (sulfide) groups is 1. The zero-order valence-electron chi connectivity index (χ0n) is 16.9. The summed E-state index contributed by atoms with van der Waals surface area (Å²) in [6.45, 7) is 12.5. The zero-order valence-corrected chi connectivity index (χ0v) is 17.7. The Bertz CT molecular complexity index is 1060. The van der Waals surface area contributed by atoms with Crippen LogP contribution >= 0.6 is 11.8 Å². The first-order valence-electron chi connectivity index (χ1n) is 9.13. The van der Waals surface area contributed by atoms with Crippen LogP contribution < -0.4 is 5.49 Å². The van der Waals surface area contributed by atoms with Gasteiger partial charge in [0.25, 0.3) is 0 Å². The van der Waals surface area contributed by atoms with Gasteiger partial charge in [-0.2, -0.15) is 5.26 Å². The Labute approximate surface area is 169 Å². The molecule has 0 aromatic carbocycles. The third-order valence-electron chi connectivity index (χ3n) is 5.24. The molecule has 3 heterocycles. The molecule has 146 valence electrons. The van der Waals surface area contributed by atoms with E-state index >= 15 is 0 Å². The average Bonchev–Trinajstić information content (AvgIpc) is 2.65. The fourth-order valence-corrected chi connectivity index (χ4v) is 4.18. The largest absolute Gasteiger partial charge is 0.304 e. The Morgan fingerprint density at radius 3 is 2.79 bits per heavy atom. The molecule has 0 fully saturated rings. The monoisotopic (exact) mass is 397 g/mol. The summed E-state index contributed by atoms with van der Waals surface area (Å²) in [5, 5.41) is 10.6. The molecule has 0 unspecified atom stereocenters. The number of aromatic nitrogens is 3. The van der Waals surface area contributed by atoms with Crippen molar-refractivity contribution in [3.63, 3.8) is 0 Å². The van der Waals surface area contributed by atoms with E-state index in [2.05, 4.69) is 34.5 Å². The van der Waals surface area contributed by atoms with Gasteiger partial charge in [-0.15, -0.1) is 0 Å². The summed E-state index contributed by atoms with van der Waals surface area (Å²) in [4.78, 5) is 13.4. The van der Waals surface area contributed by atoms with Crippen LogP contribution in [0.15, 0.2) is 34.6 Å². The smallest absolute Gasteiger partial charge is 0.170 e. The van der Waals surface area contributed by atoms with Crippen molar-refractivity contribution < 1.29 is 4.39 Å². The van der Waals surface area contributed by atoms with Gasteiger partial charge in [0.2, 0.25) is 0 Å². The lowest BCUT2D eigenvalue weighted by molar-refractivity contribution is 0.454. The maximum absolute atomic E-state index is 15.0. The second-order valence-electron chi connectivity index (χ2n) is 7.76. The van der Waals surface area contributed by atoms with E-state index in [9.17, 15) is 9.65 Å². The number of nitrogens with zero attached hydrogens (tertiary/aromatic N) is 5. The molecule has 7 heteroatoms. The second kappa shape index (κ2) is 7.51. The number of allylic oxidation sites excluding steroid dienone is 1. The molecule has 0 N–H and O–H groups in total. The van der Waals surface area contributed by atoms with Crippen molar-refractivity contribution in [2.45, 2.75) is 44.8 Å². The van der Waals surface area contributed by atoms with Crippen molar-refractivity contribution in [2.24, 2.45) is 10.9 Å². The lowest BCUT2D eigenvalue weighted by Crippen LogP contribution is -2.33. The Morgan fingerprint density at radius 2 is 2.21 bits per heavy atom. The molecule has 1 atom stereocenters. The summed E-state index contributed by atoms with van der Waals surface area (Å²) in [7, 11) is 1.66. The molecule has 0 spiro atoms. The fourth-order valence-electron chi connectivity index (χ4n) is 3.17. The minimum absolute atomic E-state index is 0.332. The van der Waals surface area contributed by atoms with Gasteiger partial charge in [0.05, 0.1) is 11.4 Å². The molecule has 28 heavy (non-hydrogen) atoms. The minimum atomic E-state index is -0.588. The molecule has 0 bridgehead atoms. The summed E-state index contributed by atoms with van der Waals surface area (Å²) < 4.78 is 16.9. The molecule has 0 radical (unpaired) electrons. The van der Waals surface area contributed by atoms with Crippen LogP contribution in [0.25, 0.3) is 11.3 Å². The summed E-state index contributed by atoms with van der Waals surface area (Å²) in [6.07, 6.45) is 1.58. The molecule has 1 aliphatic heterocycles. The van der Waals surface area contributed by atoms with Gasteiger partial charge in [-0.25, -0.2) is 9.37 Å². The highest BCUT2D eigenvalue weighted by Gasteiger charge is 2.28. The van der Waals surface area contributed by atoms with E-state index in [0.29, 0.717) is 33.9 Å². The first kappa shape index (κ1) is 20.3. The van der Waals surface area contributed by atoms with E-state index in [1.807, 2.05) is 25.3 Å². The highest BCUT2D eigenvalue weighted by atomic mass is 32.2. The maximum Gasteiger partial charge on any atom is 0.170 e. The third kappa shape index (κ3) is 3.37. The van der Waals surface area contributed by atoms with Crippen LogP contribution in [0.3, 0.4) is 0 Å². The summed E-state index contributed by atoms with van der Waals surface area (Å²) in [5.74, 6) is 0.975. The lowest BCUT2D eigenvalue weighted by atomic mass is 9.82. The molecular weight excluding hydrogens is 373 g/mol. The number of hydrogen-bond donors (Lipinski definition) is 0. The Morgan fingerprint density at radius 1 is 1.50 bits per heavy atom. The van der Waals surface area contributed by atoms with Crippen molar-refractivity contribution in [1.82, 2.24) is 14.5 Å². The normalized spacial score (nSPS) is 17.2. The Kier molecular flexibility index (Phi) is 5.44. The SMILES string of the molecule is C=C(C)C(C)(C)c1ncc(-c2nc3n(c(=NC)c2C#N)C[C@H](C)CS3)cc1F. The van der Waals surface area contributed by atoms with Crippen LogP contribution in [-0.4, -0.2) is 27.3 Å². The van der Waals surface area contributed by atoms with E-state index in [0.717, 1.165) is 23.0 Å². The van der Waals surface area contributed by atoms with Gasteiger partial charge in [-0.05, 0) is 18.9 Å². The molecule has 1 aliphatic rings. The molecule has 3 rings (SSSR count). The molecule has 0 saturated heterocycles. The van der Waals surface area contributed by atoms with Gasteiger partial charge in [0.1, 0.15) is 22.9 Å². The van der Waals surface area contributed by atoms with Crippen LogP contribution in [0.5, 0.6) is 0 Å². The van der Waals surface area contributed by atoms with E-state index in [4.69, 9.17) is 0 Å². The average molecular weight is 398 g/mol. The summed E-state index contributed by atoms with van der Waals surface area (Å²) >= 11 is 1.63.